The van der Waals surface area contributed by atoms with Gasteiger partial charge in [-0.2, -0.15) is 0 Å². The Morgan fingerprint density at radius 1 is 0.571 bits per heavy atom. The highest BCUT2D eigenvalue weighted by Crippen LogP contribution is 2.04. The molecule has 0 saturated carbocycles. The van der Waals surface area contributed by atoms with Gasteiger partial charge < -0.3 is 0 Å². The van der Waals surface area contributed by atoms with Crippen molar-refractivity contribution < 1.29 is 0 Å². The van der Waals surface area contributed by atoms with Crippen LogP contribution in [0.4, 0.5) is 0 Å². The van der Waals surface area contributed by atoms with Gasteiger partial charge in [0, 0.05) is 0 Å². The molecule has 0 spiro atoms. The standard InChI is InChI=1S/C14H19/c1-2-4-6-8-10-12-14-13-11-9-7-5-3-1/h1-5,8,10,12,14H,6-7,9,11,13H2/b3-1+,4-2+,10-8-,14-12+. The molecule has 75 valence electrons. The van der Waals surface area contributed by atoms with Crippen molar-refractivity contribution in [2.24, 2.45) is 0 Å². The zero-order valence-corrected chi connectivity index (χ0v) is 8.73. The van der Waals surface area contributed by atoms with E-state index in [1.54, 1.807) is 0 Å². The molecular formula is C14H19. The molecule has 0 amide bonds. The predicted molar refractivity (Wildman–Crippen MR) is 63.9 cm³/mol. The lowest BCUT2D eigenvalue weighted by Gasteiger charge is -1.94. The number of allylic oxidation sites excluding steroid dienone is 8. The van der Waals surface area contributed by atoms with Crippen LogP contribution < -0.4 is 0 Å². The average molecular weight is 187 g/mol. The van der Waals surface area contributed by atoms with E-state index in [0.29, 0.717) is 0 Å². The van der Waals surface area contributed by atoms with Crippen LogP contribution in [-0.2, 0) is 0 Å². The Morgan fingerprint density at radius 3 is 2.21 bits per heavy atom. The minimum atomic E-state index is 1.02. The highest BCUT2D eigenvalue weighted by atomic mass is 13.9. The molecule has 0 unspecified atom stereocenters. The van der Waals surface area contributed by atoms with Crippen LogP contribution in [0, 0.1) is 6.42 Å². The summed E-state index contributed by atoms with van der Waals surface area (Å²) in [5.41, 5.74) is 0. The van der Waals surface area contributed by atoms with Gasteiger partial charge in [0.1, 0.15) is 0 Å². The summed E-state index contributed by atoms with van der Waals surface area (Å²) in [5.74, 6) is 0. The molecule has 1 aliphatic rings. The Bertz CT molecular complexity index is 204. The van der Waals surface area contributed by atoms with E-state index in [-0.39, 0.29) is 0 Å². The third kappa shape index (κ3) is 6.47. The fourth-order valence-electron chi connectivity index (χ4n) is 1.33. The van der Waals surface area contributed by atoms with E-state index >= 15 is 0 Å². The zero-order chi connectivity index (χ0) is 9.90. The van der Waals surface area contributed by atoms with Gasteiger partial charge in [-0.15, -0.1) is 0 Å². The molecule has 0 aromatic heterocycles. The Balaban J connectivity index is 2.35. The molecule has 14 heavy (non-hydrogen) atoms. The van der Waals surface area contributed by atoms with Crippen LogP contribution in [0.25, 0.3) is 0 Å². The molecule has 0 nitrogen and oxygen atoms in total. The molecule has 0 aromatic rings. The lowest BCUT2D eigenvalue weighted by atomic mass is 10.1. The maximum absolute atomic E-state index is 2.25. The van der Waals surface area contributed by atoms with Crippen molar-refractivity contribution in [3.8, 4) is 0 Å². The summed E-state index contributed by atoms with van der Waals surface area (Å²) >= 11 is 0. The van der Waals surface area contributed by atoms with Crippen LogP contribution in [0.2, 0.25) is 0 Å². The van der Waals surface area contributed by atoms with Crippen molar-refractivity contribution >= 4 is 0 Å². The van der Waals surface area contributed by atoms with E-state index < -0.39 is 0 Å². The van der Waals surface area contributed by atoms with Gasteiger partial charge in [-0.1, -0.05) is 55.0 Å². The zero-order valence-electron chi connectivity index (χ0n) is 8.73. The molecule has 0 fully saturated rings. The molecule has 0 aliphatic heterocycles. The second kappa shape index (κ2) is 8.55. The highest BCUT2D eigenvalue weighted by Gasteiger charge is 1.85. The summed E-state index contributed by atoms with van der Waals surface area (Å²) in [4.78, 5) is 0. The van der Waals surface area contributed by atoms with Crippen molar-refractivity contribution in [1.29, 1.82) is 0 Å². The molecule has 1 aliphatic carbocycles. The first kappa shape index (κ1) is 11.0. The molecule has 0 saturated heterocycles. The lowest BCUT2D eigenvalue weighted by Crippen LogP contribution is -1.75. The maximum atomic E-state index is 2.25. The van der Waals surface area contributed by atoms with E-state index in [0.717, 1.165) is 6.42 Å². The van der Waals surface area contributed by atoms with E-state index in [4.69, 9.17) is 0 Å². The molecule has 1 rings (SSSR count). The first-order valence-corrected chi connectivity index (χ1v) is 5.47. The SMILES string of the molecule is [CH]1/C=C/C=C/C/C=C\C=C\CCCC1. The summed E-state index contributed by atoms with van der Waals surface area (Å²) in [6.45, 7) is 0. The van der Waals surface area contributed by atoms with Gasteiger partial charge in [0.25, 0.3) is 0 Å². The highest BCUT2D eigenvalue weighted by molar-refractivity contribution is 5.10. The van der Waals surface area contributed by atoms with E-state index in [1.807, 2.05) is 0 Å². The third-order valence-corrected chi connectivity index (χ3v) is 2.14. The number of hydrogen-bond donors (Lipinski definition) is 0. The van der Waals surface area contributed by atoms with Gasteiger partial charge in [0.05, 0.1) is 0 Å². The largest absolute Gasteiger partial charge is 0.0845 e. The third-order valence-electron chi connectivity index (χ3n) is 2.14. The first-order valence-electron chi connectivity index (χ1n) is 5.47. The van der Waals surface area contributed by atoms with E-state index in [2.05, 4.69) is 55.0 Å². The van der Waals surface area contributed by atoms with Crippen molar-refractivity contribution in [3.05, 3.63) is 55.0 Å². The normalized spacial score (nSPS) is 28.6. The van der Waals surface area contributed by atoms with Gasteiger partial charge in [-0.25, -0.2) is 0 Å². The average Bonchev–Trinajstić information content (AvgIpc) is 2.22. The Morgan fingerprint density at radius 2 is 1.29 bits per heavy atom. The smallest absolute Gasteiger partial charge is 0.0163 e. The van der Waals surface area contributed by atoms with Crippen LogP contribution in [0.15, 0.2) is 48.6 Å². The first-order chi connectivity index (χ1) is 7.00. The van der Waals surface area contributed by atoms with Crippen LogP contribution in [0.3, 0.4) is 0 Å². The van der Waals surface area contributed by atoms with E-state index in [1.165, 1.54) is 25.7 Å². The lowest BCUT2D eigenvalue weighted by molar-refractivity contribution is 0.747. The molecular weight excluding hydrogens is 168 g/mol. The summed E-state index contributed by atoms with van der Waals surface area (Å²) < 4.78 is 0. The van der Waals surface area contributed by atoms with Gasteiger partial charge in [0.15, 0.2) is 0 Å². The van der Waals surface area contributed by atoms with Gasteiger partial charge >= 0.3 is 0 Å². The molecule has 1 radical (unpaired) electrons. The van der Waals surface area contributed by atoms with E-state index in [9.17, 15) is 0 Å². The van der Waals surface area contributed by atoms with Crippen LogP contribution in [-0.4, -0.2) is 0 Å². The second-order valence-corrected chi connectivity index (χ2v) is 3.43. The van der Waals surface area contributed by atoms with Crippen molar-refractivity contribution in [2.45, 2.75) is 32.1 Å². The Labute approximate surface area is 87.7 Å². The summed E-state index contributed by atoms with van der Waals surface area (Å²) in [6.07, 6.45) is 25.5. The predicted octanol–water partition coefficient (Wildman–Crippen LogP) is 4.38. The Hall–Kier alpha value is -1.04. The number of hydrogen-bond acceptors (Lipinski definition) is 0. The molecule has 0 bridgehead atoms. The van der Waals surface area contributed by atoms with Crippen LogP contribution >= 0.6 is 0 Å². The minimum absolute atomic E-state index is 1.02. The second-order valence-electron chi connectivity index (χ2n) is 3.43. The monoisotopic (exact) mass is 187 g/mol. The molecule has 0 heterocycles. The molecule has 0 heteroatoms. The van der Waals surface area contributed by atoms with Crippen LogP contribution in [0.1, 0.15) is 32.1 Å². The fraction of sp³-hybridized carbons (Fsp3) is 0.357. The van der Waals surface area contributed by atoms with Crippen molar-refractivity contribution in [2.75, 3.05) is 0 Å². The topological polar surface area (TPSA) is 0 Å². The molecule has 0 N–H and O–H groups in total. The molecule has 0 aromatic carbocycles. The molecule has 0 atom stereocenters. The maximum Gasteiger partial charge on any atom is -0.0163 e. The fourth-order valence-corrected chi connectivity index (χ4v) is 1.33. The van der Waals surface area contributed by atoms with Gasteiger partial charge in [0.2, 0.25) is 0 Å². The van der Waals surface area contributed by atoms with Crippen molar-refractivity contribution in [1.82, 2.24) is 0 Å². The minimum Gasteiger partial charge on any atom is -0.0845 e. The van der Waals surface area contributed by atoms with Gasteiger partial charge in [-0.05, 0) is 32.1 Å². The summed E-state index contributed by atoms with van der Waals surface area (Å²) in [6, 6.07) is 0. The quantitative estimate of drug-likeness (QED) is 0.528. The van der Waals surface area contributed by atoms with Gasteiger partial charge in [-0.3, -0.25) is 0 Å². The Kier molecular flexibility index (Phi) is 6.74. The van der Waals surface area contributed by atoms with Crippen LogP contribution in [0.5, 0.6) is 0 Å². The summed E-state index contributed by atoms with van der Waals surface area (Å²) in [7, 11) is 0. The van der Waals surface area contributed by atoms with Crippen molar-refractivity contribution in [3.63, 3.8) is 0 Å². The summed E-state index contributed by atoms with van der Waals surface area (Å²) in [5, 5.41) is 0. The number of rotatable bonds is 0.